The lowest BCUT2D eigenvalue weighted by Crippen LogP contribution is -2.24. The lowest BCUT2D eigenvalue weighted by atomic mass is 10.2. The van der Waals surface area contributed by atoms with Crippen LogP contribution in [0.5, 0.6) is 0 Å². The van der Waals surface area contributed by atoms with Crippen LogP contribution in [0, 0.1) is 13.8 Å². The van der Waals surface area contributed by atoms with E-state index >= 15 is 0 Å². The molecule has 2 aromatic rings. The minimum atomic E-state index is -1.00. The largest absolute Gasteiger partial charge is 0.480 e. The minimum Gasteiger partial charge on any atom is -0.480 e. The number of nitrogens with zero attached hydrogens (tertiary/aromatic N) is 4. The maximum atomic E-state index is 12.1. The van der Waals surface area contributed by atoms with Crippen molar-refractivity contribution in [2.75, 3.05) is 0 Å². The molecule has 0 aliphatic carbocycles. The van der Waals surface area contributed by atoms with Gasteiger partial charge < -0.3 is 10.4 Å². The maximum Gasteiger partial charge on any atom is 0.328 e. The Bertz CT molecular complexity index is 716. The topological polar surface area (TPSA) is 102 Å². The Balaban J connectivity index is 2.05. The summed E-state index contributed by atoms with van der Waals surface area (Å²) in [6.45, 7) is 5.67. The van der Waals surface area contributed by atoms with Crippen LogP contribution in [0.3, 0.4) is 0 Å². The Kier molecular flexibility index (Phi) is 4.30. The first kappa shape index (κ1) is 15.7. The van der Waals surface area contributed by atoms with Crippen LogP contribution in [0.1, 0.15) is 40.4 Å². The average molecular weight is 305 g/mol. The van der Waals surface area contributed by atoms with Crippen LogP contribution in [0.2, 0.25) is 0 Å². The summed E-state index contributed by atoms with van der Waals surface area (Å²) in [7, 11) is 1.85. The van der Waals surface area contributed by atoms with E-state index in [0.29, 0.717) is 6.54 Å². The van der Waals surface area contributed by atoms with Gasteiger partial charge in [0.15, 0.2) is 0 Å². The minimum absolute atomic E-state index is 0.187. The van der Waals surface area contributed by atoms with Gasteiger partial charge in [0.05, 0.1) is 5.69 Å². The Hall–Kier alpha value is -2.64. The SMILES string of the molecule is Cc1nn(C)c(C)c1CNC(=O)c1ccn(C(C)C(=O)O)n1. The molecule has 2 rings (SSSR count). The molecule has 0 radical (unpaired) electrons. The van der Waals surface area contributed by atoms with Crippen molar-refractivity contribution < 1.29 is 14.7 Å². The number of carbonyl (C=O) groups excluding carboxylic acids is 1. The van der Waals surface area contributed by atoms with Crippen molar-refractivity contribution in [2.45, 2.75) is 33.4 Å². The van der Waals surface area contributed by atoms with E-state index in [0.717, 1.165) is 17.0 Å². The molecule has 0 fully saturated rings. The van der Waals surface area contributed by atoms with Crippen molar-refractivity contribution in [3.63, 3.8) is 0 Å². The highest BCUT2D eigenvalue weighted by molar-refractivity contribution is 5.92. The number of amides is 1. The van der Waals surface area contributed by atoms with E-state index in [4.69, 9.17) is 5.11 Å². The fraction of sp³-hybridized carbons (Fsp3) is 0.429. The van der Waals surface area contributed by atoms with Gasteiger partial charge in [-0.2, -0.15) is 10.2 Å². The number of hydrogen-bond acceptors (Lipinski definition) is 4. The predicted octanol–water partition coefficient (Wildman–Crippen LogP) is 0.809. The summed E-state index contributed by atoms with van der Waals surface area (Å²) in [5, 5.41) is 20.0. The summed E-state index contributed by atoms with van der Waals surface area (Å²) < 4.78 is 3.01. The molecule has 0 saturated heterocycles. The van der Waals surface area contributed by atoms with E-state index in [1.54, 1.807) is 4.68 Å². The fourth-order valence-corrected chi connectivity index (χ4v) is 2.12. The highest BCUT2D eigenvalue weighted by Gasteiger charge is 2.17. The predicted molar refractivity (Wildman–Crippen MR) is 78.4 cm³/mol. The number of carboxylic acids is 1. The van der Waals surface area contributed by atoms with Crippen molar-refractivity contribution >= 4 is 11.9 Å². The second-order valence-corrected chi connectivity index (χ2v) is 5.15. The first-order chi connectivity index (χ1) is 10.3. The summed E-state index contributed by atoms with van der Waals surface area (Å²) in [4.78, 5) is 23.0. The molecule has 0 spiro atoms. The molecule has 1 amide bonds. The van der Waals surface area contributed by atoms with Gasteiger partial charge in [-0.1, -0.05) is 0 Å². The molecule has 0 aliphatic heterocycles. The molecule has 1 unspecified atom stereocenters. The van der Waals surface area contributed by atoms with Crippen molar-refractivity contribution in [1.82, 2.24) is 24.9 Å². The Morgan fingerprint density at radius 3 is 2.59 bits per heavy atom. The van der Waals surface area contributed by atoms with Gasteiger partial charge in [-0.3, -0.25) is 14.2 Å². The number of carbonyl (C=O) groups is 2. The smallest absolute Gasteiger partial charge is 0.328 e. The average Bonchev–Trinajstić information content (AvgIpc) is 3.03. The van der Waals surface area contributed by atoms with Crippen LogP contribution in [0.15, 0.2) is 12.3 Å². The molecule has 8 heteroatoms. The molecule has 2 N–H and O–H groups in total. The van der Waals surface area contributed by atoms with Gasteiger partial charge in [0.1, 0.15) is 11.7 Å². The van der Waals surface area contributed by atoms with E-state index in [2.05, 4.69) is 15.5 Å². The van der Waals surface area contributed by atoms with Crippen molar-refractivity contribution in [2.24, 2.45) is 7.05 Å². The summed E-state index contributed by atoms with van der Waals surface area (Å²) in [5.74, 6) is -1.35. The molecule has 0 bridgehead atoms. The molecule has 2 heterocycles. The fourth-order valence-electron chi connectivity index (χ4n) is 2.12. The lowest BCUT2D eigenvalue weighted by Gasteiger charge is -2.06. The lowest BCUT2D eigenvalue weighted by molar-refractivity contribution is -0.140. The highest BCUT2D eigenvalue weighted by atomic mass is 16.4. The zero-order valence-electron chi connectivity index (χ0n) is 13.0. The van der Waals surface area contributed by atoms with E-state index < -0.39 is 12.0 Å². The maximum absolute atomic E-state index is 12.1. The monoisotopic (exact) mass is 305 g/mol. The summed E-state index contributed by atoms with van der Waals surface area (Å²) in [5.41, 5.74) is 3.01. The van der Waals surface area contributed by atoms with Crippen molar-refractivity contribution in [1.29, 1.82) is 0 Å². The van der Waals surface area contributed by atoms with Crippen LogP contribution in [-0.4, -0.2) is 36.5 Å². The molecule has 22 heavy (non-hydrogen) atoms. The van der Waals surface area contributed by atoms with E-state index in [1.165, 1.54) is 23.9 Å². The number of carboxylic acid groups (broad SMARTS) is 1. The second kappa shape index (κ2) is 6.00. The summed E-state index contributed by atoms with van der Waals surface area (Å²) in [6, 6.07) is 0.682. The van der Waals surface area contributed by atoms with Gasteiger partial charge in [-0.05, 0) is 26.8 Å². The third kappa shape index (κ3) is 3.00. The van der Waals surface area contributed by atoms with E-state index in [-0.39, 0.29) is 11.6 Å². The van der Waals surface area contributed by atoms with Crippen LogP contribution < -0.4 is 5.32 Å². The number of rotatable bonds is 5. The zero-order chi connectivity index (χ0) is 16.4. The third-order valence-electron chi connectivity index (χ3n) is 3.68. The number of nitrogens with one attached hydrogen (secondary N) is 1. The molecule has 8 nitrogen and oxygen atoms in total. The van der Waals surface area contributed by atoms with Gasteiger partial charge in [-0.25, -0.2) is 4.79 Å². The summed E-state index contributed by atoms with van der Waals surface area (Å²) in [6.07, 6.45) is 1.48. The first-order valence-electron chi connectivity index (χ1n) is 6.86. The van der Waals surface area contributed by atoms with Gasteiger partial charge in [-0.15, -0.1) is 0 Å². The zero-order valence-corrected chi connectivity index (χ0v) is 13.0. The number of hydrogen-bond donors (Lipinski definition) is 2. The Morgan fingerprint density at radius 1 is 1.36 bits per heavy atom. The Morgan fingerprint density at radius 2 is 2.05 bits per heavy atom. The quantitative estimate of drug-likeness (QED) is 0.851. The molecule has 0 aliphatic rings. The molecular weight excluding hydrogens is 286 g/mol. The van der Waals surface area contributed by atoms with Crippen LogP contribution >= 0.6 is 0 Å². The number of aromatic nitrogens is 4. The molecule has 2 aromatic heterocycles. The van der Waals surface area contributed by atoms with Crippen LogP contribution in [0.25, 0.3) is 0 Å². The third-order valence-corrected chi connectivity index (χ3v) is 3.68. The van der Waals surface area contributed by atoms with Crippen LogP contribution in [-0.2, 0) is 18.4 Å². The van der Waals surface area contributed by atoms with E-state index in [9.17, 15) is 9.59 Å². The van der Waals surface area contributed by atoms with Gasteiger partial charge >= 0.3 is 5.97 Å². The van der Waals surface area contributed by atoms with Gasteiger partial charge in [0.25, 0.3) is 5.91 Å². The molecule has 118 valence electrons. The van der Waals surface area contributed by atoms with Crippen molar-refractivity contribution in [3.05, 3.63) is 34.9 Å². The molecule has 0 saturated carbocycles. The van der Waals surface area contributed by atoms with E-state index in [1.807, 2.05) is 20.9 Å². The van der Waals surface area contributed by atoms with Gasteiger partial charge in [0, 0.05) is 31.0 Å². The van der Waals surface area contributed by atoms with Crippen LogP contribution in [0.4, 0.5) is 0 Å². The normalized spacial score (nSPS) is 12.2. The summed E-state index contributed by atoms with van der Waals surface area (Å²) >= 11 is 0. The molecule has 0 aromatic carbocycles. The first-order valence-corrected chi connectivity index (χ1v) is 6.86. The molecule has 1 atom stereocenters. The second-order valence-electron chi connectivity index (χ2n) is 5.15. The van der Waals surface area contributed by atoms with Gasteiger partial charge in [0.2, 0.25) is 0 Å². The molecular formula is C14H19N5O3. The van der Waals surface area contributed by atoms with Crippen molar-refractivity contribution in [3.8, 4) is 0 Å². The number of aliphatic carboxylic acids is 1. The number of aryl methyl sites for hydroxylation is 2. The highest BCUT2D eigenvalue weighted by Crippen LogP contribution is 2.12. The Labute approximate surface area is 127 Å². The standard InChI is InChI=1S/C14H19N5O3/c1-8-11(9(2)18(4)16-8)7-15-13(20)12-5-6-19(17-12)10(3)14(21)22/h5-6,10H,7H2,1-4H3,(H,15,20)(H,21,22).